The normalized spacial score (nSPS) is 12.1. The topological polar surface area (TPSA) is 104 Å². The number of amides is 1. The van der Waals surface area contributed by atoms with Crippen LogP contribution in [0.3, 0.4) is 0 Å². The smallest absolute Gasteiger partial charge is 0.326 e. The summed E-state index contributed by atoms with van der Waals surface area (Å²) < 4.78 is 5.88. The van der Waals surface area contributed by atoms with Crippen molar-refractivity contribution in [2.45, 2.75) is 77.7 Å². The molecule has 0 aliphatic rings. The standard InChI is InChI=1S/C36H43N3O4/c1-5-6-7-8-9-22-43-30-20-16-26(17-21-30)32-24-37-33(38-32)27-12-10-25(11-13-27)23-31(35(41)42)39-34(40)28-14-18-29(19-15-28)36(2,3)4/h10-21,24,31H,5-9,22-23H2,1-4H3,(H,37,38)(H,39,40)(H,41,42). The Morgan fingerprint density at radius 2 is 1.53 bits per heavy atom. The van der Waals surface area contributed by atoms with Gasteiger partial charge in [0.2, 0.25) is 0 Å². The molecule has 1 unspecified atom stereocenters. The van der Waals surface area contributed by atoms with Crippen molar-refractivity contribution < 1.29 is 19.4 Å². The number of nitrogens with zero attached hydrogens (tertiary/aromatic N) is 1. The third kappa shape index (κ3) is 9.05. The van der Waals surface area contributed by atoms with Gasteiger partial charge in [-0.1, -0.05) is 89.8 Å². The maximum Gasteiger partial charge on any atom is 0.326 e. The lowest BCUT2D eigenvalue weighted by molar-refractivity contribution is -0.139. The molecule has 1 amide bonds. The highest BCUT2D eigenvalue weighted by molar-refractivity contribution is 5.96. The summed E-state index contributed by atoms with van der Waals surface area (Å²) >= 11 is 0. The number of aromatic nitrogens is 2. The first-order valence-electron chi connectivity index (χ1n) is 15.2. The van der Waals surface area contributed by atoms with Gasteiger partial charge in [-0.3, -0.25) is 4.79 Å². The van der Waals surface area contributed by atoms with Gasteiger partial charge in [0.15, 0.2) is 0 Å². The zero-order valence-electron chi connectivity index (χ0n) is 25.7. The van der Waals surface area contributed by atoms with E-state index in [0.717, 1.165) is 52.5 Å². The van der Waals surface area contributed by atoms with E-state index in [1.54, 1.807) is 12.1 Å². The lowest BCUT2D eigenvalue weighted by Gasteiger charge is -2.19. The lowest BCUT2D eigenvalue weighted by atomic mass is 9.86. The van der Waals surface area contributed by atoms with E-state index in [1.165, 1.54) is 25.7 Å². The molecule has 226 valence electrons. The largest absolute Gasteiger partial charge is 0.494 e. The Hall–Kier alpha value is -4.39. The average molecular weight is 582 g/mol. The molecule has 4 rings (SSSR count). The minimum Gasteiger partial charge on any atom is -0.494 e. The number of rotatable bonds is 14. The third-order valence-electron chi connectivity index (χ3n) is 7.53. The van der Waals surface area contributed by atoms with E-state index in [9.17, 15) is 14.7 Å². The predicted molar refractivity (Wildman–Crippen MR) is 171 cm³/mol. The summed E-state index contributed by atoms with van der Waals surface area (Å²) in [4.78, 5) is 32.7. The molecular weight excluding hydrogens is 538 g/mol. The van der Waals surface area contributed by atoms with Gasteiger partial charge in [-0.2, -0.15) is 0 Å². The third-order valence-corrected chi connectivity index (χ3v) is 7.53. The molecule has 43 heavy (non-hydrogen) atoms. The van der Waals surface area contributed by atoms with Gasteiger partial charge < -0.3 is 20.1 Å². The Bertz CT molecular complexity index is 1470. The molecule has 3 N–H and O–H groups in total. The quantitative estimate of drug-likeness (QED) is 0.132. The zero-order chi connectivity index (χ0) is 30.8. The molecule has 0 bridgehead atoms. The summed E-state index contributed by atoms with van der Waals surface area (Å²) in [6, 6.07) is 21.7. The van der Waals surface area contributed by atoms with Crippen LogP contribution < -0.4 is 10.1 Å². The van der Waals surface area contributed by atoms with Gasteiger partial charge in [-0.15, -0.1) is 0 Å². The Balaban J connectivity index is 1.33. The van der Waals surface area contributed by atoms with Gasteiger partial charge >= 0.3 is 5.97 Å². The van der Waals surface area contributed by atoms with Gasteiger partial charge in [0.25, 0.3) is 5.91 Å². The number of benzene rings is 3. The molecule has 7 nitrogen and oxygen atoms in total. The first-order chi connectivity index (χ1) is 20.6. The highest BCUT2D eigenvalue weighted by atomic mass is 16.5. The summed E-state index contributed by atoms with van der Waals surface area (Å²) in [7, 11) is 0. The van der Waals surface area contributed by atoms with Crippen LogP contribution in [-0.4, -0.2) is 39.6 Å². The maximum atomic E-state index is 12.8. The first kappa shape index (κ1) is 31.5. The number of carbonyl (C=O) groups excluding carboxylic acids is 1. The summed E-state index contributed by atoms with van der Waals surface area (Å²) in [6.07, 6.45) is 8.09. The summed E-state index contributed by atoms with van der Waals surface area (Å²) in [5.41, 5.74) is 5.00. The van der Waals surface area contributed by atoms with Crippen LogP contribution in [-0.2, 0) is 16.6 Å². The number of H-pyrrole nitrogens is 1. The van der Waals surface area contributed by atoms with Crippen LogP contribution in [0.4, 0.5) is 0 Å². The van der Waals surface area contributed by atoms with Crippen LogP contribution in [0.25, 0.3) is 22.6 Å². The number of carboxylic acid groups (broad SMARTS) is 1. The van der Waals surface area contributed by atoms with Gasteiger partial charge in [0, 0.05) is 29.3 Å². The maximum absolute atomic E-state index is 12.8. The van der Waals surface area contributed by atoms with E-state index in [4.69, 9.17) is 9.72 Å². The predicted octanol–water partition coefficient (Wildman–Crippen LogP) is 7.82. The number of unbranched alkanes of at least 4 members (excludes halogenated alkanes) is 4. The number of hydrogen-bond donors (Lipinski definition) is 3. The highest BCUT2D eigenvalue weighted by Crippen LogP contribution is 2.25. The fraction of sp³-hybridized carbons (Fsp3) is 0.361. The second-order valence-corrected chi connectivity index (χ2v) is 12.0. The van der Waals surface area contributed by atoms with E-state index in [2.05, 4.69) is 38.0 Å². The highest BCUT2D eigenvalue weighted by Gasteiger charge is 2.22. The summed E-state index contributed by atoms with van der Waals surface area (Å²) in [6.45, 7) is 9.25. The van der Waals surface area contributed by atoms with Crippen molar-refractivity contribution in [3.05, 3.63) is 95.7 Å². The van der Waals surface area contributed by atoms with Gasteiger partial charge in [-0.05, 0) is 59.4 Å². The molecule has 4 aromatic rings. The van der Waals surface area contributed by atoms with Gasteiger partial charge in [-0.25, -0.2) is 9.78 Å². The van der Waals surface area contributed by atoms with E-state index in [1.807, 2.05) is 66.9 Å². The fourth-order valence-corrected chi connectivity index (χ4v) is 4.83. The summed E-state index contributed by atoms with van der Waals surface area (Å²) in [5.74, 6) is 0.0908. The molecule has 7 heteroatoms. The lowest BCUT2D eigenvalue weighted by Crippen LogP contribution is -2.42. The summed E-state index contributed by atoms with van der Waals surface area (Å²) in [5, 5.41) is 12.5. The van der Waals surface area contributed by atoms with Crippen molar-refractivity contribution in [1.82, 2.24) is 15.3 Å². The molecule has 1 aromatic heterocycles. The minimum absolute atomic E-state index is 0.0320. The van der Waals surface area contributed by atoms with Crippen molar-refractivity contribution in [1.29, 1.82) is 0 Å². The van der Waals surface area contributed by atoms with E-state index < -0.39 is 17.9 Å². The number of ether oxygens (including phenoxy) is 1. The number of nitrogens with one attached hydrogen (secondary N) is 2. The number of hydrogen-bond acceptors (Lipinski definition) is 4. The van der Waals surface area contributed by atoms with Gasteiger partial charge in [0.05, 0.1) is 12.3 Å². The Morgan fingerprint density at radius 3 is 2.16 bits per heavy atom. The molecule has 3 aromatic carbocycles. The van der Waals surface area contributed by atoms with E-state index in [0.29, 0.717) is 5.56 Å². The monoisotopic (exact) mass is 581 g/mol. The SMILES string of the molecule is CCCCCCCOc1ccc(-c2c[nH]c(-c3ccc(CC(NC(=O)c4ccc(C(C)(C)C)cc4)C(=O)O)cc3)n2)cc1. The number of aromatic amines is 1. The molecule has 1 atom stereocenters. The van der Waals surface area contributed by atoms with E-state index >= 15 is 0 Å². The number of imidazole rings is 1. The van der Waals surface area contributed by atoms with Crippen molar-refractivity contribution in [3.63, 3.8) is 0 Å². The first-order valence-corrected chi connectivity index (χ1v) is 15.2. The van der Waals surface area contributed by atoms with Crippen LogP contribution in [0.1, 0.15) is 81.3 Å². The zero-order valence-corrected chi connectivity index (χ0v) is 25.7. The second kappa shape index (κ2) is 14.7. The van der Waals surface area contributed by atoms with Crippen LogP contribution in [0.2, 0.25) is 0 Å². The Kier molecular flexibility index (Phi) is 10.8. The van der Waals surface area contributed by atoms with Crippen molar-refractivity contribution in [3.8, 4) is 28.4 Å². The molecule has 0 aliphatic heterocycles. The molecular formula is C36H43N3O4. The van der Waals surface area contributed by atoms with Crippen molar-refractivity contribution >= 4 is 11.9 Å². The Labute approximate surface area is 254 Å². The number of carbonyl (C=O) groups is 2. The molecule has 0 fully saturated rings. The molecule has 0 saturated heterocycles. The number of aliphatic carboxylic acids is 1. The van der Waals surface area contributed by atoms with Crippen LogP contribution in [0.5, 0.6) is 5.75 Å². The second-order valence-electron chi connectivity index (χ2n) is 12.0. The van der Waals surface area contributed by atoms with Crippen LogP contribution in [0, 0.1) is 0 Å². The molecule has 0 spiro atoms. The van der Waals surface area contributed by atoms with Gasteiger partial charge in [0.1, 0.15) is 17.6 Å². The van der Waals surface area contributed by atoms with Crippen molar-refractivity contribution in [2.75, 3.05) is 6.61 Å². The van der Waals surface area contributed by atoms with Crippen LogP contribution in [0.15, 0.2) is 79.0 Å². The molecule has 0 aliphatic carbocycles. The molecule has 0 radical (unpaired) electrons. The Morgan fingerprint density at radius 1 is 0.884 bits per heavy atom. The van der Waals surface area contributed by atoms with Crippen molar-refractivity contribution in [2.24, 2.45) is 0 Å². The molecule has 0 saturated carbocycles. The fourth-order valence-electron chi connectivity index (χ4n) is 4.83. The average Bonchev–Trinajstić information content (AvgIpc) is 3.49. The number of carboxylic acids is 1. The van der Waals surface area contributed by atoms with Crippen LogP contribution >= 0.6 is 0 Å². The minimum atomic E-state index is -1.08. The molecule has 1 heterocycles. The van der Waals surface area contributed by atoms with E-state index in [-0.39, 0.29) is 11.8 Å².